The fraction of sp³-hybridized carbons (Fsp3) is 0.258. The number of aromatic nitrogens is 5. The minimum atomic E-state index is -0.830. The maximum atomic E-state index is 15.8. The Kier molecular flexibility index (Phi) is 6.28. The van der Waals surface area contributed by atoms with Gasteiger partial charge >= 0.3 is 0 Å². The van der Waals surface area contributed by atoms with E-state index in [1.807, 2.05) is 40.6 Å². The first-order valence-electron chi connectivity index (χ1n) is 13.7. The molecule has 11 heteroatoms. The van der Waals surface area contributed by atoms with Crippen molar-refractivity contribution in [3.8, 4) is 39.5 Å². The van der Waals surface area contributed by atoms with Crippen molar-refractivity contribution >= 4 is 22.0 Å². The Morgan fingerprint density at radius 2 is 1.95 bits per heavy atom. The highest BCUT2D eigenvalue weighted by Crippen LogP contribution is 2.46. The van der Waals surface area contributed by atoms with E-state index in [0.717, 1.165) is 41.0 Å². The average Bonchev–Trinajstić information content (AvgIpc) is 3.72. The molecular weight excluding hydrogens is 542 g/mol. The molecule has 2 aromatic carbocycles. The predicted octanol–water partition coefficient (Wildman–Crippen LogP) is 5.79. The zero-order valence-electron chi connectivity index (χ0n) is 23.2. The highest BCUT2D eigenvalue weighted by Gasteiger charge is 2.30. The van der Waals surface area contributed by atoms with Gasteiger partial charge in [-0.1, -0.05) is 6.07 Å². The predicted molar refractivity (Wildman–Crippen MR) is 154 cm³/mol. The zero-order valence-corrected chi connectivity index (χ0v) is 23.2. The van der Waals surface area contributed by atoms with Gasteiger partial charge in [0, 0.05) is 48.3 Å². The highest BCUT2D eigenvalue weighted by atomic mass is 19.1. The van der Waals surface area contributed by atoms with E-state index in [0.29, 0.717) is 33.6 Å². The number of nitrogens with one attached hydrogen (secondary N) is 1. The fourth-order valence-electron chi connectivity index (χ4n) is 5.75. The molecule has 7 rings (SSSR count). The molecule has 0 bridgehead atoms. The monoisotopic (exact) mass is 570 g/mol. The number of aliphatic hydroxyl groups is 1. The molecule has 0 unspecified atom stereocenters. The lowest BCUT2D eigenvalue weighted by Gasteiger charge is -2.27. The Morgan fingerprint density at radius 3 is 2.76 bits per heavy atom. The lowest BCUT2D eigenvalue weighted by Crippen LogP contribution is -2.34. The van der Waals surface area contributed by atoms with Crippen molar-refractivity contribution in [1.29, 1.82) is 0 Å². The molecule has 4 aromatic heterocycles. The summed E-state index contributed by atoms with van der Waals surface area (Å²) in [6, 6.07) is 11.6. The number of imidazole rings is 1. The lowest BCUT2D eigenvalue weighted by molar-refractivity contribution is 0.201. The number of furan rings is 1. The molecule has 0 fully saturated rings. The van der Waals surface area contributed by atoms with Crippen LogP contribution in [0.2, 0.25) is 0 Å². The zero-order chi connectivity index (χ0) is 29.1. The number of aliphatic hydroxyl groups excluding tert-OH is 1. The molecule has 1 aliphatic rings. The third-order valence-corrected chi connectivity index (χ3v) is 7.81. The largest absolute Gasteiger partial charge is 0.490 e. The van der Waals surface area contributed by atoms with Crippen LogP contribution < -0.4 is 10.1 Å². The molecular formula is C31H28F2N6O3. The summed E-state index contributed by atoms with van der Waals surface area (Å²) in [4.78, 5) is 9.59. The first-order chi connectivity index (χ1) is 20.3. The van der Waals surface area contributed by atoms with Crippen LogP contribution in [0.3, 0.4) is 0 Å². The van der Waals surface area contributed by atoms with Gasteiger partial charge in [-0.2, -0.15) is 5.10 Å². The summed E-state index contributed by atoms with van der Waals surface area (Å²) in [6.45, 7) is 4.41. The van der Waals surface area contributed by atoms with Crippen molar-refractivity contribution in [3.63, 3.8) is 0 Å². The number of halogens is 2. The van der Waals surface area contributed by atoms with Crippen LogP contribution in [-0.2, 0) is 7.05 Å². The molecule has 2 N–H and O–H groups in total. The smallest absolute Gasteiger partial charge is 0.160 e. The molecule has 0 saturated carbocycles. The van der Waals surface area contributed by atoms with Crippen molar-refractivity contribution in [2.24, 2.45) is 7.05 Å². The molecule has 1 aliphatic heterocycles. The van der Waals surface area contributed by atoms with Gasteiger partial charge in [0.1, 0.15) is 41.1 Å². The van der Waals surface area contributed by atoms with E-state index in [9.17, 15) is 9.50 Å². The summed E-state index contributed by atoms with van der Waals surface area (Å²) in [5, 5.41) is 18.4. The number of aryl methyl sites for hydroxylation is 1. The van der Waals surface area contributed by atoms with Crippen molar-refractivity contribution in [2.45, 2.75) is 25.9 Å². The van der Waals surface area contributed by atoms with E-state index in [4.69, 9.17) is 19.2 Å². The van der Waals surface area contributed by atoms with E-state index in [-0.39, 0.29) is 36.6 Å². The van der Waals surface area contributed by atoms with Gasteiger partial charge in [-0.15, -0.1) is 0 Å². The van der Waals surface area contributed by atoms with E-state index < -0.39 is 11.6 Å². The summed E-state index contributed by atoms with van der Waals surface area (Å²) in [7, 11) is 1.93. The molecule has 5 heterocycles. The molecule has 42 heavy (non-hydrogen) atoms. The van der Waals surface area contributed by atoms with Crippen molar-refractivity contribution < 1.29 is 23.0 Å². The Hall–Kier alpha value is -4.61. The Morgan fingerprint density at radius 1 is 1.10 bits per heavy atom. The van der Waals surface area contributed by atoms with Gasteiger partial charge < -0.3 is 24.1 Å². The number of rotatable bonds is 6. The summed E-state index contributed by atoms with van der Waals surface area (Å²) in [5.41, 5.74) is 5.73. The number of pyridine rings is 1. The molecule has 2 atom stereocenters. The Labute approximate surface area is 239 Å². The molecule has 0 radical (unpaired) electrons. The van der Waals surface area contributed by atoms with Gasteiger partial charge in [-0.25, -0.2) is 18.7 Å². The number of nitrogens with zero attached hydrogens (tertiary/aromatic N) is 5. The van der Waals surface area contributed by atoms with Crippen molar-refractivity contribution in [1.82, 2.24) is 29.6 Å². The van der Waals surface area contributed by atoms with E-state index in [2.05, 4.69) is 24.1 Å². The van der Waals surface area contributed by atoms with Gasteiger partial charge in [-0.3, -0.25) is 4.68 Å². The van der Waals surface area contributed by atoms with Gasteiger partial charge in [0.2, 0.25) is 0 Å². The third-order valence-electron chi connectivity index (χ3n) is 7.81. The second-order valence-electron chi connectivity index (χ2n) is 10.6. The normalized spacial score (nSPS) is 16.8. The van der Waals surface area contributed by atoms with Crippen molar-refractivity contribution in [3.05, 3.63) is 72.4 Å². The molecule has 9 nitrogen and oxygen atoms in total. The van der Waals surface area contributed by atoms with Gasteiger partial charge in [0.15, 0.2) is 5.58 Å². The maximum Gasteiger partial charge on any atom is 0.160 e. The van der Waals surface area contributed by atoms with Crippen LogP contribution in [0.15, 0.2) is 59.5 Å². The van der Waals surface area contributed by atoms with Crippen LogP contribution in [0.5, 0.6) is 5.75 Å². The summed E-state index contributed by atoms with van der Waals surface area (Å²) < 4.78 is 45.8. The minimum Gasteiger partial charge on any atom is -0.490 e. The minimum absolute atomic E-state index is 0.00988. The van der Waals surface area contributed by atoms with Crippen LogP contribution in [0.25, 0.3) is 55.8 Å². The second kappa shape index (κ2) is 10.0. The standard InChI is InChI=1S/C31H28F2N6O3/c1-16-14-34-17(2)25-13-23(37-39(16)25)30-27(28-21(33)11-19(32)12-26(28)41-9-7-40)20-6-8-42-31(20)29(36-30)18-4-5-24-22(10-18)35-15-38(24)3/h4-6,8,10-13,15-17,34,40H,7,9,14H2,1-3H3/t16-,17+/m0/s1. The number of hydrogen-bond acceptors (Lipinski definition) is 7. The number of ether oxygens (including phenoxy) is 1. The third kappa shape index (κ3) is 4.15. The maximum absolute atomic E-state index is 15.8. The Bertz CT molecular complexity index is 1950. The van der Waals surface area contributed by atoms with Gasteiger partial charge in [-0.05, 0) is 38.1 Å². The van der Waals surface area contributed by atoms with E-state index in [1.165, 1.54) is 6.26 Å². The molecule has 214 valence electrons. The molecule has 0 saturated heterocycles. The average molecular weight is 571 g/mol. The summed E-state index contributed by atoms with van der Waals surface area (Å²) in [5.74, 6) is -1.68. The molecule has 0 spiro atoms. The lowest BCUT2D eigenvalue weighted by atomic mass is 9.94. The van der Waals surface area contributed by atoms with E-state index >= 15 is 4.39 Å². The first-order valence-corrected chi connectivity index (χ1v) is 13.7. The second-order valence-corrected chi connectivity index (χ2v) is 10.6. The van der Waals surface area contributed by atoms with E-state index in [1.54, 1.807) is 12.4 Å². The van der Waals surface area contributed by atoms with Crippen LogP contribution in [0, 0.1) is 11.6 Å². The van der Waals surface area contributed by atoms with Crippen LogP contribution in [0.4, 0.5) is 8.78 Å². The highest BCUT2D eigenvalue weighted by molar-refractivity contribution is 6.07. The number of benzene rings is 2. The summed E-state index contributed by atoms with van der Waals surface area (Å²) in [6.07, 6.45) is 3.26. The van der Waals surface area contributed by atoms with Gasteiger partial charge in [0.25, 0.3) is 0 Å². The molecule has 0 amide bonds. The topological polar surface area (TPSA) is 103 Å². The van der Waals surface area contributed by atoms with Crippen molar-refractivity contribution in [2.75, 3.05) is 19.8 Å². The van der Waals surface area contributed by atoms with Crippen LogP contribution in [-0.4, -0.2) is 49.2 Å². The Balaban J connectivity index is 1.55. The summed E-state index contributed by atoms with van der Waals surface area (Å²) >= 11 is 0. The van der Waals surface area contributed by atoms with Gasteiger partial charge in [0.05, 0.1) is 47.5 Å². The number of hydrogen-bond donors (Lipinski definition) is 2. The fourth-order valence-corrected chi connectivity index (χ4v) is 5.75. The molecule has 0 aliphatic carbocycles. The van der Waals surface area contributed by atoms with Crippen LogP contribution in [0.1, 0.15) is 31.6 Å². The SMILES string of the molecule is C[C@H]1NC[C@H](C)n2nc(-c3nc(-c4ccc5c(c4)ncn5C)c4occc4c3-c3c(F)cc(F)cc3OCCO)cc21. The first kappa shape index (κ1) is 26.3. The number of fused-ring (bicyclic) bond motifs is 3. The quantitative estimate of drug-likeness (QED) is 0.261. The van der Waals surface area contributed by atoms with Crippen LogP contribution >= 0.6 is 0 Å². The molecule has 6 aromatic rings.